The lowest BCUT2D eigenvalue weighted by atomic mass is 10.2. The molecule has 94 valence electrons. The van der Waals surface area contributed by atoms with Crippen molar-refractivity contribution in [2.75, 3.05) is 26.2 Å². The predicted octanol–water partition coefficient (Wildman–Crippen LogP) is 2.34. The summed E-state index contributed by atoms with van der Waals surface area (Å²) in [6.45, 7) is 5.84. The van der Waals surface area contributed by atoms with Crippen LogP contribution in [-0.4, -0.2) is 42.0 Å². The van der Waals surface area contributed by atoms with E-state index in [9.17, 15) is 0 Å². The lowest BCUT2D eigenvalue weighted by Gasteiger charge is -2.37. The minimum absolute atomic E-state index is 0.890. The summed E-state index contributed by atoms with van der Waals surface area (Å²) in [6.07, 6.45) is 7.51. The van der Waals surface area contributed by atoms with Crippen molar-refractivity contribution in [2.45, 2.75) is 38.3 Å². The van der Waals surface area contributed by atoms with Crippen molar-refractivity contribution in [3.63, 3.8) is 0 Å². The zero-order valence-corrected chi connectivity index (χ0v) is 10.5. The van der Waals surface area contributed by atoms with Crippen LogP contribution in [0.2, 0.25) is 0 Å². The van der Waals surface area contributed by atoms with Crippen LogP contribution in [0.1, 0.15) is 31.4 Å². The van der Waals surface area contributed by atoms with Crippen molar-refractivity contribution in [3.8, 4) is 0 Å². The molecule has 3 heteroatoms. The van der Waals surface area contributed by atoms with Crippen LogP contribution in [0.4, 0.5) is 0 Å². The van der Waals surface area contributed by atoms with Crippen LogP contribution in [-0.2, 0) is 6.54 Å². The Hall–Kier alpha value is -0.800. The van der Waals surface area contributed by atoms with Gasteiger partial charge in [-0.1, -0.05) is 12.8 Å². The van der Waals surface area contributed by atoms with Crippen LogP contribution in [0.5, 0.6) is 0 Å². The normalized spacial score (nSPS) is 24.5. The zero-order chi connectivity index (χ0) is 11.5. The highest BCUT2D eigenvalue weighted by atomic mass is 16.3. The number of hydrogen-bond acceptors (Lipinski definition) is 3. The van der Waals surface area contributed by atoms with E-state index < -0.39 is 0 Å². The summed E-state index contributed by atoms with van der Waals surface area (Å²) in [4.78, 5) is 5.20. The summed E-state index contributed by atoms with van der Waals surface area (Å²) < 4.78 is 5.41. The first-order valence-corrected chi connectivity index (χ1v) is 6.90. The molecule has 0 atom stereocenters. The summed E-state index contributed by atoms with van der Waals surface area (Å²) in [5.74, 6) is 1.10. The van der Waals surface area contributed by atoms with E-state index in [4.69, 9.17) is 4.42 Å². The van der Waals surface area contributed by atoms with Crippen LogP contribution in [0.25, 0.3) is 0 Å². The van der Waals surface area contributed by atoms with Crippen LogP contribution < -0.4 is 0 Å². The maximum absolute atomic E-state index is 5.41. The Kier molecular flexibility index (Phi) is 3.48. The Bertz CT molecular complexity index is 322. The maximum atomic E-state index is 5.41. The van der Waals surface area contributed by atoms with Gasteiger partial charge in [0.1, 0.15) is 5.76 Å². The summed E-state index contributed by atoms with van der Waals surface area (Å²) in [7, 11) is 0. The van der Waals surface area contributed by atoms with E-state index in [0.29, 0.717) is 0 Å². The molecule has 0 amide bonds. The molecule has 3 rings (SSSR count). The molecule has 0 aromatic carbocycles. The molecule has 0 radical (unpaired) electrons. The smallest absolute Gasteiger partial charge is 0.117 e. The van der Waals surface area contributed by atoms with E-state index in [0.717, 1.165) is 18.3 Å². The third kappa shape index (κ3) is 2.72. The molecule has 0 bridgehead atoms. The van der Waals surface area contributed by atoms with Gasteiger partial charge in [-0.25, -0.2) is 0 Å². The summed E-state index contributed by atoms with van der Waals surface area (Å²) in [5.41, 5.74) is 0. The molecule has 1 saturated carbocycles. The monoisotopic (exact) mass is 234 g/mol. The average Bonchev–Trinajstić information content (AvgIpc) is 3.01. The van der Waals surface area contributed by atoms with Crippen molar-refractivity contribution in [1.82, 2.24) is 9.80 Å². The van der Waals surface area contributed by atoms with Gasteiger partial charge in [-0.15, -0.1) is 0 Å². The zero-order valence-electron chi connectivity index (χ0n) is 10.5. The molecule has 2 heterocycles. The summed E-state index contributed by atoms with van der Waals surface area (Å²) in [5, 5.41) is 0. The van der Waals surface area contributed by atoms with E-state index in [2.05, 4.69) is 15.9 Å². The van der Waals surface area contributed by atoms with E-state index in [1.165, 1.54) is 51.9 Å². The highest BCUT2D eigenvalue weighted by molar-refractivity contribution is 4.98. The maximum Gasteiger partial charge on any atom is 0.117 e. The van der Waals surface area contributed by atoms with Gasteiger partial charge in [0.15, 0.2) is 0 Å². The van der Waals surface area contributed by atoms with Gasteiger partial charge in [0, 0.05) is 32.2 Å². The Morgan fingerprint density at radius 3 is 2.53 bits per heavy atom. The number of nitrogens with zero attached hydrogens (tertiary/aromatic N) is 2. The first-order valence-electron chi connectivity index (χ1n) is 6.90. The standard InChI is InChI=1S/C14H22N2O/c1-2-5-13(4-1)16-9-7-15(8-10-16)12-14-6-3-11-17-14/h3,6,11,13H,1-2,4-5,7-10,12H2. The highest BCUT2D eigenvalue weighted by Gasteiger charge is 2.26. The number of rotatable bonds is 3. The Balaban J connectivity index is 1.47. The first kappa shape index (κ1) is 11.3. The third-order valence-electron chi connectivity index (χ3n) is 4.21. The molecular weight excluding hydrogens is 212 g/mol. The fraction of sp³-hybridized carbons (Fsp3) is 0.714. The number of furan rings is 1. The molecule has 1 aromatic rings. The predicted molar refractivity (Wildman–Crippen MR) is 67.8 cm³/mol. The summed E-state index contributed by atoms with van der Waals surface area (Å²) >= 11 is 0. The molecule has 1 saturated heterocycles. The molecule has 0 N–H and O–H groups in total. The van der Waals surface area contributed by atoms with Gasteiger partial charge in [0.25, 0.3) is 0 Å². The molecule has 1 aromatic heterocycles. The first-order chi connectivity index (χ1) is 8.42. The number of piperazine rings is 1. The van der Waals surface area contributed by atoms with E-state index in [-0.39, 0.29) is 0 Å². The molecule has 0 unspecified atom stereocenters. The minimum atomic E-state index is 0.890. The summed E-state index contributed by atoms with van der Waals surface area (Å²) in [6, 6.07) is 4.94. The second-order valence-electron chi connectivity index (χ2n) is 5.33. The van der Waals surface area contributed by atoms with Gasteiger partial charge in [0.2, 0.25) is 0 Å². The molecule has 2 fully saturated rings. The molecular formula is C14H22N2O. The molecule has 2 aliphatic rings. The third-order valence-corrected chi connectivity index (χ3v) is 4.21. The van der Waals surface area contributed by atoms with Gasteiger partial charge in [-0.05, 0) is 25.0 Å². The molecule has 1 aliphatic heterocycles. The van der Waals surface area contributed by atoms with Crippen LogP contribution >= 0.6 is 0 Å². The van der Waals surface area contributed by atoms with E-state index >= 15 is 0 Å². The lowest BCUT2D eigenvalue weighted by Crippen LogP contribution is -2.49. The van der Waals surface area contributed by atoms with Crippen molar-refractivity contribution < 1.29 is 4.42 Å². The average molecular weight is 234 g/mol. The topological polar surface area (TPSA) is 19.6 Å². The molecule has 0 spiro atoms. The van der Waals surface area contributed by atoms with Crippen LogP contribution in [0, 0.1) is 0 Å². The fourth-order valence-electron chi connectivity index (χ4n) is 3.18. The molecule has 1 aliphatic carbocycles. The Labute approximate surface area is 103 Å². The van der Waals surface area contributed by atoms with Crippen molar-refractivity contribution in [1.29, 1.82) is 0 Å². The van der Waals surface area contributed by atoms with E-state index in [1.807, 2.05) is 6.07 Å². The second-order valence-corrected chi connectivity index (χ2v) is 5.33. The van der Waals surface area contributed by atoms with Crippen molar-refractivity contribution in [2.24, 2.45) is 0 Å². The van der Waals surface area contributed by atoms with Crippen molar-refractivity contribution in [3.05, 3.63) is 24.2 Å². The van der Waals surface area contributed by atoms with Crippen LogP contribution in [0.3, 0.4) is 0 Å². The largest absolute Gasteiger partial charge is 0.468 e. The van der Waals surface area contributed by atoms with Crippen molar-refractivity contribution >= 4 is 0 Å². The van der Waals surface area contributed by atoms with Gasteiger partial charge >= 0.3 is 0 Å². The Morgan fingerprint density at radius 1 is 1.12 bits per heavy atom. The van der Waals surface area contributed by atoms with Crippen LogP contribution in [0.15, 0.2) is 22.8 Å². The second kappa shape index (κ2) is 5.23. The van der Waals surface area contributed by atoms with Gasteiger partial charge in [-0.2, -0.15) is 0 Å². The van der Waals surface area contributed by atoms with E-state index in [1.54, 1.807) is 6.26 Å². The molecule has 17 heavy (non-hydrogen) atoms. The Morgan fingerprint density at radius 2 is 1.88 bits per heavy atom. The SMILES string of the molecule is c1coc(CN2CCN(C3CCCC3)CC2)c1. The molecule has 3 nitrogen and oxygen atoms in total. The number of hydrogen-bond donors (Lipinski definition) is 0. The highest BCUT2D eigenvalue weighted by Crippen LogP contribution is 2.24. The van der Waals surface area contributed by atoms with Gasteiger partial charge in [0.05, 0.1) is 12.8 Å². The fourth-order valence-corrected chi connectivity index (χ4v) is 3.18. The lowest BCUT2D eigenvalue weighted by molar-refractivity contribution is 0.0894. The van der Waals surface area contributed by atoms with Gasteiger partial charge < -0.3 is 4.42 Å². The minimum Gasteiger partial charge on any atom is -0.468 e. The quantitative estimate of drug-likeness (QED) is 0.800. The van der Waals surface area contributed by atoms with Gasteiger partial charge in [-0.3, -0.25) is 9.80 Å².